The second-order valence-corrected chi connectivity index (χ2v) is 9.69. The smallest absolute Gasteiger partial charge is 0.0723 e. The molecule has 0 amide bonds. The van der Waals surface area contributed by atoms with E-state index in [9.17, 15) is 0 Å². The van der Waals surface area contributed by atoms with Gasteiger partial charge in [-0.15, -0.1) is 0 Å². The van der Waals surface area contributed by atoms with Gasteiger partial charge in [-0.05, 0) is 54.6 Å². The van der Waals surface area contributed by atoms with Crippen LogP contribution in [0.25, 0.3) is 66.2 Å². The molecule has 0 N–H and O–H groups in total. The van der Waals surface area contributed by atoms with Crippen LogP contribution >= 0.6 is 0 Å². The Labute approximate surface area is 219 Å². The number of hydrogen-bond donors (Lipinski definition) is 0. The van der Waals surface area contributed by atoms with Crippen molar-refractivity contribution in [2.24, 2.45) is 0 Å². The van der Waals surface area contributed by atoms with Crippen molar-refractivity contribution in [2.75, 3.05) is 0 Å². The topological polar surface area (TPSA) is 22.8 Å². The van der Waals surface area contributed by atoms with Crippen molar-refractivity contribution >= 4 is 43.6 Å². The molecule has 3 aromatic heterocycles. The molecule has 0 spiro atoms. The number of aromatic nitrogens is 3. The van der Waals surface area contributed by atoms with Gasteiger partial charge >= 0.3 is 0 Å². The van der Waals surface area contributed by atoms with Crippen LogP contribution < -0.4 is 0 Å². The molecule has 8 aromatic rings. The van der Waals surface area contributed by atoms with E-state index in [-0.39, 0.29) is 0 Å². The summed E-state index contributed by atoms with van der Waals surface area (Å²) in [6.07, 6.45) is 2.03. The summed E-state index contributed by atoms with van der Waals surface area (Å²) in [5.41, 5.74) is 9.15. The minimum absolute atomic E-state index is 0.968. The van der Waals surface area contributed by atoms with Crippen LogP contribution in [-0.2, 0) is 0 Å². The summed E-state index contributed by atoms with van der Waals surface area (Å²) in [7, 11) is 0. The van der Waals surface area contributed by atoms with Crippen LogP contribution in [0.3, 0.4) is 0 Å². The Kier molecular flexibility index (Phi) is 4.52. The van der Waals surface area contributed by atoms with Crippen molar-refractivity contribution in [1.29, 1.82) is 0 Å². The molecule has 0 aliphatic carbocycles. The molecule has 38 heavy (non-hydrogen) atoms. The highest BCUT2D eigenvalue weighted by Crippen LogP contribution is 2.37. The minimum Gasteiger partial charge on any atom is -0.309 e. The third kappa shape index (κ3) is 3.06. The first kappa shape index (κ1) is 21.0. The highest BCUT2D eigenvalue weighted by molar-refractivity contribution is 6.11. The van der Waals surface area contributed by atoms with Gasteiger partial charge in [-0.3, -0.25) is 4.98 Å². The molecule has 178 valence electrons. The number of para-hydroxylation sites is 4. The average Bonchev–Trinajstić information content (AvgIpc) is 3.50. The maximum Gasteiger partial charge on any atom is 0.0723 e. The van der Waals surface area contributed by atoms with Crippen LogP contribution in [-0.4, -0.2) is 14.1 Å². The van der Waals surface area contributed by atoms with E-state index in [0.717, 1.165) is 27.8 Å². The van der Waals surface area contributed by atoms with Crippen LogP contribution in [0, 0.1) is 0 Å². The number of nitrogens with zero attached hydrogens (tertiary/aromatic N) is 3. The third-order valence-corrected chi connectivity index (χ3v) is 7.56. The molecule has 3 nitrogen and oxygen atoms in total. The third-order valence-electron chi connectivity index (χ3n) is 7.56. The Balaban J connectivity index is 1.38. The highest BCUT2D eigenvalue weighted by Gasteiger charge is 2.16. The molecular weight excluding hydrogens is 462 g/mol. The van der Waals surface area contributed by atoms with Crippen molar-refractivity contribution in [2.45, 2.75) is 0 Å². The monoisotopic (exact) mass is 485 g/mol. The first-order chi connectivity index (χ1) is 18.9. The lowest BCUT2D eigenvalue weighted by Crippen LogP contribution is -1.94. The Morgan fingerprint density at radius 1 is 0.395 bits per heavy atom. The van der Waals surface area contributed by atoms with Crippen molar-refractivity contribution < 1.29 is 0 Å². The van der Waals surface area contributed by atoms with Crippen LogP contribution in [0.1, 0.15) is 0 Å². The molecule has 8 rings (SSSR count). The van der Waals surface area contributed by atoms with Gasteiger partial charge in [-0.1, -0.05) is 78.9 Å². The van der Waals surface area contributed by atoms with E-state index in [0.29, 0.717) is 0 Å². The summed E-state index contributed by atoms with van der Waals surface area (Å²) >= 11 is 0. The van der Waals surface area contributed by atoms with Crippen molar-refractivity contribution in [3.05, 3.63) is 140 Å². The second kappa shape index (κ2) is 8.19. The Morgan fingerprint density at radius 3 is 1.58 bits per heavy atom. The first-order valence-corrected chi connectivity index (χ1v) is 12.9. The van der Waals surface area contributed by atoms with Crippen LogP contribution in [0.15, 0.2) is 140 Å². The van der Waals surface area contributed by atoms with E-state index in [1.165, 1.54) is 38.4 Å². The zero-order chi connectivity index (χ0) is 25.1. The molecule has 0 fully saturated rings. The number of fused-ring (bicyclic) bond motifs is 6. The van der Waals surface area contributed by atoms with E-state index in [4.69, 9.17) is 4.98 Å². The van der Waals surface area contributed by atoms with Gasteiger partial charge in [0.15, 0.2) is 0 Å². The molecule has 0 radical (unpaired) electrons. The van der Waals surface area contributed by atoms with E-state index < -0.39 is 0 Å². The van der Waals surface area contributed by atoms with E-state index in [1.807, 2.05) is 6.20 Å². The van der Waals surface area contributed by atoms with Crippen molar-refractivity contribution in [3.63, 3.8) is 0 Å². The maximum atomic E-state index is 4.97. The predicted octanol–water partition coefficient (Wildman–Crippen LogP) is 8.94. The largest absolute Gasteiger partial charge is 0.309 e. The zero-order valence-corrected chi connectivity index (χ0v) is 20.6. The van der Waals surface area contributed by atoms with Gasteiger partial charge in [0, 0.05) is 44.7 Å². The molecule has 0 unspecified atom stereocenters. The van der Waals surface area contributed by atoms with Crippen LogP contribution in [0.5, 0.6) is 0 Å². The summed E-state index contributed by atoms with van der Waals surface area (Å²) in [4.78, 5) is 4.97. The van der Waals surface area contributed by atoms with E-state index in [1.54, 1.807) is 0 Å². The lowest BCUT2D eigenvalue weighted by molar-refractivity contribution is 1.17. The SMILES string of the molecule is c1ccc(-n2c3ccccc3c3cc(-c4cc5c(cn4)c4ccccc4n5-c4ccccc4)ccc32)cc1. The zero-order valence-electron chi connectivity index (χ0n) is 20.6. The van der Waals surface area contributed by atoms with Gasteiger partial charge in [-0.2, -0.15) is 0 Å². The fourth-order valence-corrected chi connectivity index (χ4v) is 5.86. The molecule has 0 saturated heterocycles. The summed E-state index contributed by atoms with van der Waals surface area (Å²) in [6.45, 7) is 0. The highest BCUT2D eigenvalue weighted by atomic mass is 15.0. The van der Waals surface area contributed by atoms with Crippen LogP contribution in [0.2, 0.25) is 0 Å². The van der Waals surface area contributed by atoms with Gasteiger partial charge in [0.2, 0.25) is 0 Å². The maximum absolute atomic E-state index is 4.97. The molecule has 0 aliphatic rings. The number of hydrogen-bond acceptors (Lipinski definition) is 1. The van der Waals surface area contributed by atoms with E-state index in [2.05, 4.69) is 143 Å². The second-order valence-electron chi connectivity index (χ2n) is 9.69. The minimum atomic E-state index is 0.968. The van der Waals surface area contributed by atoms with Gasteiger partial charge in [0.25, 0.3) is 0 Å². The number of pyridine rings is 1. The lowest BCUT2D eigenvalue weighted by atomic mass is 10.1. The van der Waals surface area contributed by atoms with Crippen molar-refractivity contribution in [3.8, 4) is 22.6 Å². The first-order valence-electron chi connectivity index (χ1n) is 12.9. The Morgan fingerprint density at radius 2 is 0.921 bits per heavy atom. The van der Waals surface area contributed by atoms with Gasteiger partial charge in [0.1, 0.15) is 0 Å². The van der Waals surface area contributed by atoms with Crippen LogP contribution in [0.4, 0.5) is 0 Å². The molecule has 3 heteroatoms. The van der Waals surface area contributed by atoms with Gasteiger partial charge < -0.3 is 9.13 Å². The standard InChI is InChI=1S/C35H23N3/c1-3-11-25(12-4-1)37-32-17-9-7-15-27(32)29-21-24(19-20-34(29)37)31-22-35-30(23-36-31)28-16-8-10-18-33(28)38(35)26-13-5-2-6-14-26/h1-23H. The van der Waals surface area contributed by atoms with Gasteiger partial charge in [0.05, 0.1) is 27.8 Å². The molecule has 5 aromatic carbocycles. The predicted molar refractivity (Wildman–Crippen MR) is 158 cm³/mol. The van der Waals surface area contributed by atoms with Gasteiger partial charge in [-0.25, -0.2) is 0 Å². The summed E-state index contributed by atoms with van der Waals surface area (Å²) in [6, 6.07) is 47.3. The number of rotatable bonds is 3. The number of benzene rings is 5. The Hall–Kier alpha value is -5.15. The average molecular weight is 486 g/mol. The quantitative estimate of drug-likeness (QED) is 0.245. The molecule has 0 saturated carbocycles. The van der Waals surface area contributed by atoms with Crippen molar-refractivity contribution in [1.82, 2.24) is 14.1 Å². The van der Waals surface area contributed by atoms with E-state index >= 15 is 0 Å². The Bertz CT molecular complexity index is 2120. The summed E-state index contributed by atoms with van der Waals surface area (Å²) in [5, 5.41) is 4.85. The summed E-state index contributed by atoms with van der Waals surface area (Å²) < 4.78 is 4.69. The molecule has 0 bridgehead atoms. The fraction of sp³-hybridized carbons (Fsp3) is 0. The normalized spacial score (nSPS) is 11.7. The molecule has 3 heterocycles. The molecular formula is C35H23N3. The lowest BCUT2D eigenvalue weighted by Gasteiger charge is -2.09. The molecule has 0 atom stereocenters. The molecule has 0 aliphatic heterocycles. The fourth-order valence-electron chi connectivity index (χ4n) is 5.86. The summed E-state index contributed by atoms with van der Waals surface area (Å²) in [5.74, 6) is 0.